The monoisotopic (exact) mass is 293 g/mol. The number of carbonyl (C=O) groups is 1. The fourth-order valence-corrected chi connectivity index (χ4v) is 2.08. The molecule has 20 heavy (non-hydrogen) atoms. The highest BCUT2D eigenvalue weighted by molar-refractivity contribution is 6.31. The van der Waals surface area contributed by atoms with E-state index in [1.54, 1.807) is 30.3 Å². The fraction of sp³-hybridized carbons (Fsp3) is 0.133. The maximum Gasteiger partial charge on any atom is 0.325 e. The van der Waals surface area contributed by atoms with Gasteiger partial charge in [0.1, 0.15) is 11.9 Å². The minimum Gasteiger partial charge on any atom is -0.480 e. The number of hydrogen-bond donors (Lipinski definition) is 2. The zero-order valence-electron chi connectivity index (χ0n) is 10.5. The molecule has 0 aromatic heterocycles. The molecule has 3 nitrogen and oxygen atoms in total. The summed E-state index contributed by atoms with van der Waals surface area (Å²) < 4.78 is 13.3. The van der Waals surface area contributed by atoms with Crippen molar-refractivity contribution in [3.8, 4) is 0 Å². The normalized spacial score (nSPS) is 12.1. The highest BCUT2D eigenvalue weighted by atomic mass is 35.5. The van der Waals surface area contributed by atoms with E-state index in [1.165, 1.54) is 12.1 Å². The van der Waals surface area contributed by atoms with E-state index >= 15 is 0 Å². The predicted octanol–water partition coefficient (Wildman–Crippen LogP) is 3.39. The van der Waals surface area contributed by atoms with Gasteiger partial charge in [-0.1, -0.05) is 54.1 Å². The van der Waals surface area contributed by atoms with Crippen LogP contribution in [0.3, 0.4) is 0 Å². The van der Waals surface area contributed by atoms with Crippen LogP contribution in [-0.4, -0.2) is 11.1 Å². The molecule has 0 spiro atoms. The molecular formula is C15H13ClFNO2. The van der Waals surface area contributed by atoms with Gasteiger partial charge < -0.3 is 5.11 Å². The molecule has 104 valence electrons. The first-order chi connectivity index (χ1) is 9.59. The zero-order valence-corrected chi connectivity index (χ0v) is 11.3. The summed E-state index contributed by atoms with van der Waals surface area (Å²) in [5, 5.41) is 12.1. The van der Waals surface area contributed by atoms with Crippen molar-refractivity contribution in [3.05, 3.63) is 70.5 Å². The lowest BCUT2D eigenvalue weighted by molar-refractivity contribution is -0.139. The van der Waals surface area contributed by atoms with E-state index in [0.29, 0.717) is 11.1 Å². The number of carboxylic acid groups (broad SMARTS) is 1. The molecule has 0 radical (unpaired) electrons. The number of hydrogen-bond acceptors (Lipinski definition) is 2. The first-order valence-electron chi connectivity index (χ1n) is 6.03. The molecule has 0 aliphatic carbocycles. The molecule has 0 fully saturated rings. The Morgan fingerprint density at radius 3 is 2.55 bits per heavy atom. The topological polar surface area (TPSA) is 49.3 Å². The number of halogens is 2. The van der Waals surface area contributed by atoms with Gasteiger partial charge in [0.25, 0.3) is 0 Å². The van der Waals surface area contributed by atoms with Crippen molar-refractivity contribution in [1.29, 1.82) is 0 Å². The second-order valence-corrected chi connectivity index (χ2v) is 4.65. The van der Waals surface area contributed by atoms with Crippen LogP contribution in [0.25, 0.3) is 0 Å². The summed E-state index contributed by atoms with van der Waals surface area (Å²) in [6.07, 6.45) is 0. The summed E-state index contributed by atoms with van der Waals surface area (Å²) in [5.41, 5.74) is 1.15. The van der Waals surface area contributed by atoms with Crippen LogP contribution >= 0.6 is 11.6 Å². The minimum atomic E-state index is -0.997. The molecule has 5 heteroatoms. The van der Waals surface area contributed by atoms with Crippen LogP contribution in [0.1, 0.15) is 17.2 Å². The van der Waals surface area contributed by atoms with E-state index in [1.807, 2.05) is 6.07 Å². The third-order valence-corrected chi connectivity index (χ3v) is 3.33. The SMILES string of the molecule is O=C(O)C(NCc1cccc(F)c1Cl)c1ccccc1. The molecule has 0 amide bonds. The van der Waals surface area contributed by atoms with Gasteiger partial charge >= 0.3 is 5.97 Å². The number of aliphatic carboxylic acids is 1. The summed E-state index contributed by atoms with van der Waals surface area (Å²) in [5.74, 6) is -1.51. The number of carboxylic acids is 1. The van der Waals surface area contributed by atoms with Crippen LogP contribution < -0.4 is 5.32 Å². The molecule has 1 unspecified atom stereocenters. The van der Waals surface area contributed by atoms with Crippen LogP contribution in [-0.2, 0) is 11.3 Å². The molecule has 2 N–H and O–H groups in total. The average Bonchev–Trinajstić information content (AvgIpc) is 2.44. The van der Waals surface area contributed by atoms with E-state index in [4.69, 9.17) is 11.6 Å². The van der Waals surface area contributed by atoms with Gasteiger partial charge in [-0.3, -0.25) is 10.1 Å². The lowest BCUT2D eigenvalue weighted by atomic mass is 10.1. The van der Waals surface area contributed by atoms with Gasteiger partial charge in [-0.05, 0) is 17.2 Å². The van der Waals surface area contributed by atoms with Crippen molar-refractivity contribution in [1.82, 2.24) is 5.32 Å². The van der Waals surface area contributed by atoms with Gasteiger partial charge in [-0.2, -0.15) is 0 Å². The van der Waals surface area contributed by atoms with Crippen molar-refractivity contribution in [2.24, 2.45) is 0 Å². The number of rotatable bonds is 5. The smallest absolute Gasteiger partial charge is 0.325 e. The molecule has 0 bridgehead atoms. The van der Waals surface area contributed by atoms with Gasteiger partial charge in [-0.25, -0.2) is 4.39 Å². The first kappa shape index (κ1) is 14.5. The Morgan fingerprint density at radius 1 is 1.20 bits per heavy atom. The van der Waals surface area contributed by atoms with Crippen LogP contribution in [0.2, 0.25) is 5.02 Å². The summed E-state index contributed by atoms with van der Waals surface area (Å²) in [6, 6.07) is 12.4. The van der Waals surface area contributed by atoms with Crippen LogP contribution in [0, 0.1) is 5.82 Å². The van der Waals surface area contributed by atoms with E-state index in [2.05, 4.69) is 5.32 Å². The van der Waals surface area contributed by atoms with Crippen molar-refractivity contribution < 1.29 is 14.3 Å². The van der Waals surface area contributed by atoms with Gasteiger partial charge in [0.15, 0.2) is 0 Å². The fourth-order valence-electron chi connectivity index (χ4n) is 1.89. The molecule has 0 aliphatic rings. The Balaban J connectivity index is 2.14. The Hall–Kier alpha value is -1.91. The third kappa shape index (κ3) is 3.35. The molecule has 2 aromatic rings. The predicted molar refractivity (Wildman–Crippen MR) is 75.1 cm³/mol. The van der Waals surface area contributed by atoms with E-state index in [9.17, 15) is 14.3 Å². The van der Waals surface area contributed by atoms with E-state index in [0.717, 1.165) is 0 Å². The van der Waals surface area contributed by atoms with Crippen molar-refractivity contribution in [2.75, 3.05) is 0 Å². The summed E-state index contributed by atoms with van der Waals surface area (Å²) in [7, 11) is 0. The van der Waals surface area contributed by atoms with Crippen molar-refractivity contribution in [2.45, 2.75) is 12.6 Å². The van der Waals surface area contributed by atoms with Crippen LogP contribution in [0.15, 0.2) is 48.5 Å². The maximum absolute atomic E-state index is 13.3. The Morgan fingerprint density at radius 2 is 1.90 bits per heavy atom. The van der Waals surface area contributed by atoms with Gasteiger partial charge in [0.2, 0.25) is 0 Å². The summed E-state index contributed by atoms with van der Waals surface area (Å²) in [6.45, 7) is 0.169. The largest absolute Gasteiger partial charge is 0.480 e. The second kappa shape index (κ2) is 6.50. The average molecular weight is 294 g/mol. The van der Waals surface area contributed by atoms with Gasteiger partial charge in [0, 0.05) is 6.54 Å². The summed E-state index contributed by atoms with van der Waals surface area (Å²) >= 11 is 5.84. The third-order valence-electron chi connectivity index (χ3n) is 2.91. The summed E-state index contributed by atoms with van der Waals surface area (Å²) in [4.78, 5) is 11.3. The van der Waals surface area contributed by atoms with Crippen molar-refractivity contribution >= 4 is 17.6 Å². The molecule has 2 aromatic carbocycles. The van der Waals surface area contributed by atoms with E-state index < -0.39 is 17.8 Å². The Kier molecular flexibility index (Phi) is 4.71. The molecule has 0 saturated carbocycles. The molecule has 2 rings (SSSR count). The molecule has 0 saturated heterocycles. The van der Waals surface area contributed by atoms with Crippen LogP contribution in [0.4, 0.5) is 4.39 Å². The highest BCUT2D eigenvalue weighted by Gasteiger charge is 2.19. The standard InChI is InChI=1S/C15H13ClFNO2/c16-13-11(7-4-8-12(13)17)9-18-14(15(19)20)10-5-2-1-3-6-10/h1-8,14,18H,9H2,(H,19,20). The maximum atomic E-state index is 13.3. The quantitative estimate of drug-likeness (QED) is 0.888. The minimum absolute atomic E-state index is 0.0113. The van der Waals surface area contributed by atoms with Crippen LogP contribution in [0.5, 0.6) is 0 Å². The van der Waals surface area contributed by atoms with Gasteiger partial charge in [-0.15, -0.1) is 0 Å². The second-order valence-electron chi connectivity index (χ2n) is 4.28. The lowest BCUT2D eigenvalue weighted by Crippen LogP contribution is -2.28. The molecular weight excluding hydrogens is 281 g/mol. The number of nitrogens with one attached hydrogen (secondary N) is 1. The lowest BCUT2D eigenvalue weighted by Gasteiger charge is -2.15. The van der Waals surface area contributed by atoms with E-state index in [-0.39, 0.29) is 11.6 Å². The Bertz CT molecular complexity index is 604. The Labute approximate surface area is 121 Å². The van der Waals surface area contributed by atoms with Crippen molar-refractivity contribution in [3.63, 3.8) is 0 Å². The highest BCUT2D eigenvalue weighted by Crippen LogP contribution is 2.21. The van der Waals surface area contributed by atoms with Gasteiger partial charge in [0.05, 0.1) is 5.02 Å². The molecule has 0 heterocycles. The zero-order chi connectivity index (χ0) is 14.5. The number of benzene rings is 2. The molecule has 1 atom stereocenters. The molecule has 0 aliphatic heterocycles. The first-order valence-corrected chi connectivity index (χ1v) is 6.41.